The van der Waals surface area contributed by atoms with Crippen molar-refractivity contribution in [3.05, 3.63) is 83.9 Å². The van der Waals surface area contributed by atoms with Crippen LogP contribution < -0.4 is 14.4 Å². The van der Waals surface area contributed by atoms with Crippen LogP contribution in [0.2, 0.25) is 0 Å². The minimum Gasteiger partial charge on any atom is -0.494 e. The van der Waals surface area contributed by atoms with E-state index in [1.807, 2.05) is 13.8 Å². The number of carbonyl (C=O) groups is 1. The molecule has 9 heteroatoms. The van der Waals surface area contributed by atoms with Crippen molar-refractivity contribution in [2.45, 2.75) is 18.7 Å². The number of nitrogens with one attached hydrogen (secondary N) is 1. The molecule has 0 bridgehead atoms. The number of nitrogens with zero attached hydrogens (tertiary/aromatic N) is 1. The fraction of sp³-hybridized carbons (Fsp3) is 0.174. The number of aryl methyl sites for hydroxylation is 1. The molecule has 0 unspecified atom stereocenters. The summed E-state index contributed by atoms with van der Waals surface area (Å²) in [5.74, 6) is -2.31. The Bertz CT molecular complexity index is 1180. The zero-order valence-corrected chi connectivity index (χ0v) is 18.3. The Morgan fingerprint density at radius 3 is 2.12 bits per heavy atom. The van der Waals surface area contributed by atoms with E-state index in [0.29, 0.717) is 12.4 Å². The van der Waals surface area contributed by atoms with Gasteiger partial charge < -0.3 is 10.1 Å². The normalized spacial score (nSPS) is 11.1. The van der Waals surface area contributed by atoms with Crippen LogP contribution in [0.25, 0.3) is 0 Å². The molecule has 0 saturated heterocycles. The van der Waals surface area contributed by atoms with Crippen molar-refractivity contribution < 1.29 is 26.7 Å². The van der Waals surface area contributed by atoms with Crippen molar-refractivity contribution in [1.29, 1.82) is 0 Å². The molecule has 0 spiro atoms. The first kappa shape index (κ1) is 23.2. The lowest BCUT2D eigenvalue weighted by molar-refractivity contribution is -0.114. The molecule has 3 aromatic rings. The van der Waals surface area contributed by atoms with Crippen molar-refractivity contribution in [3.8, 4) is 5.75 Å². The van der Waals surface area contributed by atoms with Crippen molar-refractivity contribution in [3.63, 3.8) is 0 Å². The monoisotopic (exact) mass is 460 g/mol. The molecule has 0 fully saturated rings. The molecule has 0 saturated carbocycles. The fourth-order valence-electron chi connectivity index (χ4n) is 2.95. The van der Waals surface area contributed by atoms with Crippen molar-refractivity contribution in [1.82, 2.24) is 0 Å². The molecule has 32 heavy (non-hydrogen) atoms. The van der Waals surface area contributed by atoms with Crippen LogP contribution in [0.3, 0.4) is 0 Å². The predicted molar refractivity (Wildman–Crippen MR) is 118 cm³/mol. The van der Waals surface area contributed by atoms with Gasteiger partial charge in [-0.3, -0.25) is 9.10 Å². The SMILES string of the molecule is CCOc1ccc(N(CC(=O)Nc2c(F)cccc2F)S(=O)(=O)c2ccc(C)cc2)cc1. The van der Waals surface area contributed by atoms with E-state index in [2.05, 4.69) is 5.32 Å². The van der Waals surface area contributed by atoms with Gasteiger partial charge >= 0.3 is 0 Å². The van der Waals surface area contributed by atoms with E-state index in [-0.39, 0.29) is 10.6 Å². The summed E-state index contributed by atoms with van der Waals surface area (Å²) in [6, 6.07) is 15.4. The highest BCUT2D eigenvalue weighted by molar-refractivity contribution is 7.92. The first-order chi connectivity index (χ1) is 15.2. The first-order valence-electron chi connectivity index (χ1n) is 9.78. The van der Waals surface area contributed by atoms with E-state index < -0.39 is 39.8 Å². The van der Waals surface area contributed by atoms with Crippen LogP contribution in [0.4, 0.5) is 20.2 Å². The second-order valence-corrected chi connectivity index (χ2v) is 8.76. The Morgan fingerprint density at radius 2 is 1.56 bits per heavy atom. The molecule has 0 aliphatic rings. The maximum atomic E-state index is 13.9. The van der Waals surface area contributed by atoms with Crippen molar-refractivity contribution in [2.24, 2.45) is 0 Å². The second-order valence-electron chi connectivity index (χ2n) is 6.90. The highest BCUT2D eigenvalue weighted by atomic mass is 32.2. The van der Waals surface area contributed by atoms with Crippen molar-refractivity contribution >= 4 is 27.3 Å². The standard InChI is InChI=1S/C23H22F2N2O4S/c1-3-31-18-11-9-17(10-12-18)27(32(29,30)19-13-7-16(2)8-14-19)15-22(28)26-23-20(24)5-4-6-21(23)25/h4-14H,3,15H2,1-2H3,(H,26,28). The summed E-state index contributed by atoms with van der Waals surface area (Å²) in [6.07, 6.45) is 0. The minimum atomic E-state index is -4.16. The van der Waals surface area contributed by atoms with Gasteiger partial charge in [-0.15, -0.1) is 0 Å². The van der Waals surface area contributed by atoms with Gasteiger partial charge in [0.2, 0.25) is 5.91 Å². The molecular formula is C23H22F2N2O4S. The van der Waals surface area contributed by atoms with Crippen LogP contribution in [-0.2, 0) is 14.8 Å². The summed E-state index contributed by atoms with van der Waals surface area (Å²) in [5, 5.41) is 2.12. The number of hydrogen-bond acceptors (Lipinski definition) is 4. The minimum absolute atomic E-state index is 0.0261. The van der Waals surface area contributed by atoms with Crippen LogP contribution in [-0.4, -0.2) is 27.5 Å². The summed E-state index contributed by atoms with van der Waals surface area (Å²) in [4.78, 5) is 12.6. The van der Waals surface area contributed by atoms with Gasteiger partial charge in [0.15, 0.2) is 0 Å². The third-order valence-corrected chi connectivity index (χ3v) is 6.35. The molecule has 1 N–H and O–H groups in total. The number of para-hydroxylation sites is 1. The number of ether oxygens (including phenoxy) is 1. The van der Waals surface area contributed by atoms with Crippen LogP contribution >= 0.6 is 0 Å². The maximum absolute atomic E-state index is 13.9. The molecule has 1 amide bonds. The molecule has 0 heterocycles. The first-order valence-corrected chi connectivity index (χ1v) is 11.2. The molecular weight excluding hydrogens is 438 g/mol. The number of halogens is 2. The number of sulfonamides is 1. The van der Waals surface area contributed by atoms with E-state index in [0.717, 1.165) is 28.1 Å². The Hall–Kier alpha value is -3.46. The third kappa shape index (κ3) is 5.23. The molecule has 168 valence electrons. The number of anilines is 2. The lowest BCUT2D eigenvalue weighted by Gasteiger charge is -2.24. The van der Waals surface area contributed by atoms with E-state index in [9.17, 15) is 22.0 Å². The van der Waals surface area contributed by atoms with E-state index in [1.54, 1.807) is 24.3 Å². The van der Waals surface area contributed by atoms with Crippen molar-refractivity contribution in [2.75, 3.05) is 22.8 Å². The highest BCUT2D eigenvalue weighted by Gasteiger charge is 2.28. The van der Waals surface area contributed by atoms with Crippen LogP contribution in [0, 0.1) is 18.6 Å². The Kier molecular flexibility index (Phi) is 7.09. The summed E-state index contributed by atoms with van der Waals surface area (Å²) in [7, 11) is -4.16. The number of amides is 1. The van der Waals surface area contributed by atoms with Crippen LogP contribution in [0.1, 0.15) is 12.5 Å². The van der Waals surface area contributed by atoms with Crippen LogP contribution in [0.5, 0.6) is 5.75 Å². The highest BCUT2D eigenvalue weighted by Crippen LogP contribution is 2.27. The molecule has 0 aromatic heterocycles. The Morgan fingerprint density at radius 1 is 0.969 bits per heavy atom. The zero-order valence-electron chi connectivity index (χ0n) is 17.5. The summed E-state index contributed by atoms with van der Waals surface area (Å²) >= 11 is 0. The topological polar surface area (TPSA) is 75.7 Å². The smallest absolute Gasteiger partial charge is 0.264 e. The van der Waals surface area contributed by atoms with E-state index in [1.165, 1.54) is 24.3 Å². The molecule has 0 radical (unpaired) electrons. The van der Waals surface area contributed by atoms with E-state index >= 15 is 0 Å². The van der Waals surface area contributed by atoms with Gasteiger partial charge in [-0.25, -0.2) is 17.2 Å². The van der Waals surface area contributed by atoms with Gasteiger partial charge in [0, 0.05) is 0 Å². The lowest BCUT2D eigenvalue weighted by atomic mass is 10.2. The average Bonchev–Trinajstić information content (AvgIpc) is 2.76. The average molecular weight is 461 g/mol. The third-order valence-electron chi connectivity index (χ3n) is 4.56. The molecule has 0 aliphatic carbocycles. The number of rotatable bonds is 8. The number of carbonyl (C=O) groups excluding carboxylic acids is 1. The number of hydrogen-bond donors (Lipinski definition) is 1. The van der Waals surface area contributed by atoms with E-state index in [4.69, 9.17) is 4.74 Å². The molecule has 6 nitrogen and oxygen atoms in total. The summed E-state index contributed by atoms with van der Waals surface area (Å²) < 4.78 is 60.8. The number of benzene rings is 3. The second kappa shape index (κ2) is 9.78. The summed E-state index contributed by atoms with van der Waals surface area (Å²) in [6.45, 7) is 3.37. The molecule has 0 aliphatic heterocycles. The lowest BCUT2D eigenvalue weighted by Crippen LogP contribution is -2.38. The zero-order chi connectivity index (χ0) is 23.3. The van der Waals surface area contributed by atoms with Gasteiger partial charge in [-0.05, 0) is 62.4 Å². The van der Waals surface area contributed by atoms with Gasteiger partial charge in [0.25, 0.3) is 10.0 Å². The Balaban J connectivity index is 1.96. The molecule has 0 atom stereocenters. The fourth-order valence-corrected chi connectivity index (χ4v) is 4.38. The van der Waals surface area contributed by atoms with Gasteiger partial charge in [-0.2, -0.15) is 0 Å². The quantitative estimate of drug-likeness (QED) is 0.537. The largest absolute Gasteiger partial charge is 0.494 e. The summed E-state index contributed by atoms with van der Waals surface area (Å²) in [5.41, 5.74) is 0.416. The van der Waals surface area contributed by atoms with Gasteiger partial charge in [-0.1, -0.05) is 23.8 Å². The van der Waals surface area contributed by atoms with Gasteiger partial charge in [0.1, 0.15) is 29.6 Å². The predicted octanol–water partition coefficient (Wildman–Crippen LogP) is 4.51. The van der Waals surface area contributed by atoms with Crippen LogP contribution in [0.15, 0.2) is 71.6 Å². The molecule has 3 rings (SSSR count). The maximum Gasteiger partial charge on any atom is 0.264 e. The van der Waals surface area contributed by atoms with Gasteiger partial charge in [0.05, 0.1) is 17.2 Å². The Labute approximate surface area is 185 Å². The molecule has 3 aromatic carbocycles.